The third-order valence-electron chi connectivity index (χ3n) is 11.6. The van der Waals surface area contributed by atoms with Crippen LogP contribution in [0, 0.1) is 12.5 Å². The summed E-state index contributed by atoms with van der Waals surface area (Å²) in [6, 6.07) is 13.5. The number of piperazine rings is 2. The fourth-order valence-electron chi connectivity index (χ4n) is 8.35. The minimum absolute atomic E-state index is 0.0913. The van der Waals surface area contributed by atoms with Gasteiger partial charge in [0.1, 0.15) is 11.9 Å². The largest absolute Gasteiger partial charge is 0.369 e. The van der Waals surface area contributed by atoms with Crippen LogP contribution in [-0.2, 0) is 9.59 Å². The molecule has 6 amide bonds. The molecule has 15 nitrogen and oxygen atoms in total. The van der Waals surface area contributed by atoms with E-state index in [4.69, 9.17) is 18.2 Å². The van der Waals surface area contributed by atoms with E-state index in [0.29, 0.717) is 59.6 Å². The zero-order chi connectivity index (χ0) is 38.9. The van der Waals surface area contributed by atoms with Crippen LogP contribution in [0.3, 0.4) is 0 Å². The Balaban J connectivity index is 0.762. The highest BCUT2D eigenvalue weighted by molar-refractivity contribution is 6.33. The van der Waals surface area contributed by atoms with Crippen LogP contribution in [0.25, 0.3) is 4.85 Å². The number of pyridine rings is 1. The normalized spacial score (nSPS) is 20.9. The quantitative estimate of drug-likeness (QED) is 0.266. The molecule has 4 saturated heterocycles. The molecule has 0 bridgehead atoms. The highest BCUT2D eigenvalue weighted by Crippen LogP contribution is 2.33. The lowest BCUT2D eigenvalue weighted by Crippen LogP contribution is -2.54. The summed E-state index contributed by atoms with van der Waals surface area (Å²) < 4.78 is 0. The van der Waals surface area contributed by atoms with Crippen molar-refractivity contribution in [3.63, 3.8) is 0 Å². The highest BCUT2D eigenvalue weighted by Gasteiger charge is 2.45. The molecule has 0 aliphatic carbocycles. The van der Waals surface area contributed by atoms with Crippen LogP contribution >= 0.6 is 11.6 Å². The summed E-state index contributed by atoms with van der Waals surface area (Å²) in [5.74, 6) is -0.497. The summed E-state index contributed by atoms with van der Waals surface area (Å²) >= 11 is 6.23. The number of urea groups is 1. The molecule has 8 rings (SSSR count). The molecule has 0 spiro atoms. The SMILES string of the molecule is [C-]#[N+]c1ccc(N2CCN(C(=O)Nc3ccc(N4CCC(CN5CCN(c6ccc7c(c6)C(=O)N(C6CCC(=O)NC6=O)C7=O)CC5)CC4)nc3)CC2)cc1Cl. The van der Waals surface area contributed by atoms with E-state index < -0.39 is 29.7 Å². The maximum absolute atomic E-state index is 13.3. The Bertz CT molecular complexity index is 2080. The Labute approximate surface area is 330 Å². The van der Waals surface area contributed by atoms with E-state index in [-0.39, 0.29) is 18.9 Å². The minimum atomic E-state index is -0.973. The van der Waals surface area contributed by atoms with Gasteiger partial charge < -0.3 is 24.9 Å². The predicted molar refractivity (Wildman–Crippen MR) is 211 cm³/mol. The van der Waals surface area contributed by atoms with Crippen molar-refractivity contribution in [2.75, 3.05) is 92.0 Å². The number of aromatic nitrogens is 1. The van der Waals surface area contributed by atoms with E-state index in [1.54, 1.807) is 29.3 Å². The molecule has 3 aromatic rings. The number of hydrogen-bond acceptors (Lipinski definition) is 10. The summed E-state index contributed by atoms with van der Waals surface area (Å²) in [5.41, 5.74) is 3.52. The predicted octanol–water partition coefficient (Wildman–Crippen LogP) is 4.08. The van der Waals surface area contributed by atoms with Gasteiger partial charge in [-0.05, 0) is 67.6 Å². The van der Waals surface area contributed by atoms with Crippen LogP contribution < -0.4 is 25.3 Å². The van der Waals surface area contributed by atoms with Crippen molar-refractivity contribution in [1.82, 2.24) is 25.0 Å². The Morgan fingerprint density at radius 3 is 2.14 bits per heavy atom. The van der Waals surface area contributed by atoms with E-state index >= 15 is 0 Å². The third kappa shape index (κ3) is 7.59. The number of nitrogens with one attached hydrogen (secondary N) is 2. The van der Waals surface area contributed by atoms with Crippen molar-refractivity contribution < 1.29 is 24.0 Å². The molecule has 6 heterocycles. The van der Waals surface area contributed by atoms with E-state index in [9.17, 15) is 24.0 Å². The van der Waals surface area contributed by atoms with E-state index in [1.165, 1.54) is 0 Å². The number of rotatable bonds is 7. The zero-order valence-electron chi connectivity index (χ0n) is 31.0. The van der Waals surface area contributed by atoms with Gasteiger partial charge in [0.2, 0.25) is 17.5 Å². The lowest BCUT2D eigenvalue weighted by atomic mass is 9.96. The fraction of sp³-hybridized carbons (Fsp3) is 0.425. The van der Waals surface area contributed by atoms with Gasteiger partial charge in [0.15, 0.2) is 0 Å². The first-order valence-electron chi connectivity index (χ1n) is 19.2. The second kappa shape index (κ2) is 15.8. The maximum atomic E-state index is 13.3. The molecular weight excluding hydrogens is 736 g/mol. The van der Waals surface area contributed by atoms with Crippen LogP contribution in [0.4, 0.5) is 33.4 Å². The summed E-state index contributed by atoms with van der Waals surface area (Å²) in [4.78, 5) is 83.6. The van der Waals surface area contributed by atoms with Crippen LogP contribution in [0.15, 0.2) is 54.7 Å². The van der Waals surface area contributed by atoms with E-state index in [1.807, 2.05) is 30.3 Å². The van der Waals surface area contributed by atoms with Gasteiger partial charge >= 0.3 is 6.03 Å². The average Bonchev–Trinajstić information content (AvgIpc) is 3.46. The van der Waals surface area contributed by atoms with Crippen LogP contribution in [-0.4, -0.2) is 127 Å². The van der Waals surface area contributed by atoms with Gasteiger partial charge in [0, 0.05) is 94.8 Å². The summed E-state index contributed by atoms with van der Waals surface area (Å²) in [7, 11) is 0. The summed E-state index contributed by atoms with van der Waals surface area (Å²) in [6.07, 6.45) is 4.07. The number of carbonyl (C=O) groups is 5. The van der Waals surface area contributed by atoms with Crippen molar-refractivity contribution in [2.24, 2.45) is 5.92 Å². The van der Waals surface area contributed by atoms with Gasteiger partial charge in [0.25, 0.3) is 11.8 Å². The molecule has 1 atom stereocenters. The summed E-state index contributed by atoms with van der Waals surface area (Å²) in [6.45, 7) is 15.9. The van der Waals surface area contributed by atoms with Crippen molar-refractivity contribution in [1.29, 1.82) is 0 Å². The molecule has 4 fully saturated rings. The number of fused-ring (bicyclic) bond motifs is 1. The number of hydrogen-bond donors (Lipinski definition) is 2. The number of imide groups is 2. The minimum Gasteiger partial charge on any atom is -0.369 e. The topological polar surface area (TPSA) is 146 Å². The highest BCUT2D eigenvalue weighted by atomic mass is 35.5. The van der Waals surface area contributed by atoms with Gasteiger partial charge in [-0.3, -0.25) is 34.3 Å². The standard InChI is InChI=1S/C40H43ClN10O5/c1-42-33-6-4-29(23-32(33)41)48-18-20-50(21-19-48)40(56)44-27-2-8-35(43-24-27)49-12-10-26(11-13-49)25-46-14-16-47(17-15-46)28-3-5-30-31(22-28)39(55)51(38(30)54)34-7-9-36(52)45-37(34)53/h2-6,8,22-24,26,34H,7,9-21,25H2,(H,44,56)(H,45,52,53). The molecule has 5 aliphatic heterocycles. The van der Waals surface area contributed by atoms with Gasteiger partial charge in [-0.1, -0.05) is 17.7 Å². The third-order valence-corrected chi connectivity index (χ3v) is 11.9. The van der Waals surface area contributed by atoms with Gasteiger partial charge in [-0.2, -0.15) is 0 Å². The second-order valence-electron chi connectivity index (χ2n) is 15.0. The molecule has 2 N–H and O–H groups in total. The first kappa shape index (κ1) is 37.2. The Hall–Kier alpha value is -5.72. The zero-order valence-corrected chi connectivity index (χ0v) is 31.7. The molecule has 0 radical (unpaired) electrons. The van der Waals surface area contributed by atoms with E-state index in [2.05, 4.69) is 40.1 Å². The first-order chi connectivity index (χ1) is 27.1. The van der Waals surface area contributed by atoms with Crippen molar-refractivity contribution in [3.8, 4) is 0 Å². The van der Waals surface area contributed by atoms with Gasteiger partial charge in [-0.25, -0.2) is 14.6 Å². The molecular formula is C40H43ClN10O5. The molecule has 16 heteroatoms. The number of piperidine rings is 2. The molecule has 5 aliphatic rings. The van der Waals surface area contributed by atoms with Gasteiger partial charge in [-0.15, -0.1) is 0 Å². The first-order valence-corrected chi connectivity index (χ1v) is 19.5. The smallest absolute Gasteiger partial charge is 0.322 e. The number of halogens is 1. The van der Waals surface area contributed by atoms with Crippen LogP contribution in [0.5, 0.6) is 0 Å². The van der Waals surface area contributed by atoms with Crippen LogP contribution in [0.1, 0.15) is 46.4 Å². The number of nitrogens with zero attached hydrogens (tertiary/aromatic N) is 8. The average molecular weight is 779 g/mol. The fourth-order valence-corrected chi connectivity index (χ4v) is 8.57. The summed E-state index contributed by atoms with van der Waals surface area (Å²) in [5, 5.41) is 5.66. The van der Waals surface area contributed by atoms with Crippen LogP contribution in [0.2, 0.25) is 5.02 Å². The second-order valence-corrected chi connectivity index (χ2v) is 15.4. The lowest BCUT2D eigenvalue weighted by molar-refractivity contribution is -0.136. The van der Waals surface area contributed by atoms with Crippen molar-refractivity contribution in [2.45, 2.75) is 31.7 Å². The van der Waals surface area contributed by atoms with E-state index in [0.717, 1.165) is 80.7 Å². The Morgan fingerprint density at radius 1 is 0.804 bits per heavy atom. The van der Waals surface area contributed by atoms with Gasteiger partial charge in [0.05, 0.1) is 29.6 Å². The monoisotopic (exact) mass is 778 g/mol. The molecule has 0 saturated carbocycles. The Morgan fingerprint density at radius 2 is 1.48 bits per heavy atom. The maximum Gasteiger partial charge on any atom is 0.322 e. The molecule has 290 valence electrons. The molecule has 1 unspecified atom stereocenters. The number of carbonyl (C=O) groups excluding carboxylic acids is 5. The lowest BCUT2D eigenvalue weighted by Gasteiger charge is -2.40. The molecule has 1 aromatic heterocycles. The molecule has 56 heavy (non-hydrogen) atoms. The van der Waals surface area contributed by atoms with Crippen molar-refractivity contribution in [3.05, 3.63) is 82.3 Å². The number of benzene rings is 2. The van der Waals surface area contributed by atoms with Crippen molar-refractivity contribution >= 4 is 69.8 Å². The number of anilines is 4. The number of amides is 6. The Kier molecular flexibility index (Phi) is 10.5. The molecule has 2 aromatic carbocycles.